The normalized spacial score (nSPS) is 16.9. The standard InChI is InChI=1S/C34H36F3N5O4/c1-22-7-8-26(40-31(43)23-11-12-38-29(19-23)34(35,36)37)21-28(22)24-18-25(39-30(20-24)41-14-16-45-17-15-41)9-10-27-6-5-13-42(27)32(44)46-33(2,3)4/h7-8,11-12,18-21,27H,5-6,13-17H2,1-4H3,(H,40,43)/t27-/m1/s1. The summed E-state index contributed by atoms with van der Waals surface area (Å²) in [6, 6.07) is 10.8. The number of hydrogen-bond acceptors (Lipinski definition) is 7. The number of alkyl halides is 3. The molecule has 1 N–H and O–H groups in total. The summed E-state index contributed by atoms with van der Waals surface area (Å²) in [6.45, 7) is 10.4. The summed E-state index contributed by atoms with van der Waals surface area (Å²) in [4.78, 5) is 37.6. The Kier molecular flexibility index (Phi) is 9.53. The van der Waals surface area contributed by atoms with E-state index in [0.29, 0.717) is 50.0 Å². The van der Waals surface area contributed by atoms with Gasteiger partial charge in [-0.1, -0.05) is 12.0 Å². The Labute approximate surface area is 266 Å². The predicted molar refractivity (Wildman–Crippen MR) is 167 cm³/mol. The van der Waals surface area contributed by atoms with Crippen LogP contribution in [-0.4, -0.2) is 71.4 Å². The smallest absolute Gasteiger partial charge is 0.433 e. The van der Waals surface area contributed by atoms with Crippen LogP contribution >= 0.6 is 0 Å². The van der Waals surface area contributed by atoms with Gasteiger partial charge in [-0.05, 0) is 99.5 Å². The van der Waals surface area contributed by atoms with E-state index >= 15 is 0 Å². The molecule has 2 amide bonds. The van der Waals surface area contributed by atoms with Crippen molar-refractivity contribution in [2.24, 2.45) is 0 Å². The molecule has 9 nitrogen and oxygen atoms in total. The zero-order valence-corrected chi connectivity index (χ0v) is 26.2. The number of ether oxygens (including phenoxy) is 2. The maximum atomic E-state index is 13.2. The van der Waals surface area contributed by atoms with Crippen LogP contribution in [0.15, 0.2) is 48.7 Å². The lowest BCUT2D eigenvalue weighted by molar-refractivity contribution is -0.141. The number of likely N-dealkylation sites (tertiary alicyclic amines) is 1. The van der Waals surface area contributed by atoms with Crippen molar-refractivity contribution >= 4 is 23.5 Å². The quantitative estimate of drug-likeness (QED) is 0.336. The Morgan fingerprint density at radius 1 is 1.04 bits per heavy atom. The molecule has 2 aliphatic heterocycles. The molecule has 12 heteroatoms. The summed E-state index contributed by atoms with van der Waals surface area (Å²) in [7, 11) is 0. The molecule has 242 valence electrons. The zero-order chi connectivity index (χ0) is 33.1. The molecule has 3 aromatic rings. The van der Waals surface area contributed by atoms with Crippen LogP contribution in [0.5, 0.6) is 0 Å². The molecule has 0 aliphatic carbocycles. The first-order chi connectivity index (χ1) is 21.8. The van der Waals surface area contributed by atoms with Crippen LogP contribution in [0, 0.1) is 18.8 Å². The second kappa shape index (κ2) is 13.4. The highest BCUT2D eigenvalue weighted by Crippen LogP contribution is 2.31. The minimum atomic E-state index is -4.67. The second-order valence-corrected chi connectivity index (χ2v) is 12.2. The zero-order valence-electron chi connectivity index (χ0n) is 26.2. The number of carbonyl (C=O) groups excluding carboxylic acids is 2. The molecule has 0 saturated carbocycles. The molecule has 1 aromatic carbocycles. The van der Waals surface area contributed by atoms with E-state index in [9.17, 15) is 22.8 Å². The Hall–Kier alpha value is -4.63. The van der Waals surface area contributed by atoms with Crippen molar-refractivity contribution in [3.63, 3.8) is 0 Å². The van der Waals surface area contributed by atoms with Gasteiger partial charge in [-0.3, -0.25) is 14.7 Å². The van der Waals surface area contributed by atoms with Gasteiger partial charge in [0.15, 0.2) is 0 Å². The highest BCUT2D eigenvalue weighted by Gasteiger charge is 2.33. The van der Waals surface area contributed by atoms with Crippen molar-refractivity contribution in [2.75, 3.05) is 43.1 Å². The molecule has 4 heterocycles. The molecule has 1 atom stereocenters. The SMILES string of the molecule is Cc1ccc(NC(=O)c2ccnc(C(F)(F)F)c2)cc1-c1cc(C#C[C@H]2CCCN2C(=O)OC(C)(C)C)nc(N2CCOCC2)c1. The van der Waals surface area contributed by atoms with Gasteiger partial charge in [0, 0.05) is 37.1 Å². The number of nitrogens with one attached hydrogen (secondary N) is 1. The lowest BCUT2D eigenvalue weighted by Crippen LogP contribution is -2.39. The molecule has 0 spiro atoms. The monoisotopic (exact) mass is 635 g/mol. The Balaban J connectivity index is 1.46. The third-order valence-corrected chi connectivity index (χ3v) is 7.51. The summed E-state index contributed by atoms with van der Waals surface area (Å²) >= 11 is 0. The van der Waals surface area contributed by atoms with Crippen LogP contribution < -0.4 is 10.2 Å². The van der Waals surface area contributed by atoms with Crippen molar-refractivity contribution in [1.82, 2.24) is 14.9 Å². The predicted octanol–water partition coefficient (Wildman–Crippen LogP) is 6.31. The first kappa shape index (κ1) is 32.8. The number of morpholine rings is 1. The average molecular weight is 636 g/mol. The summed E-state index contributed by atoms with van der Waals surface area (Å²) in [6.07, 6.45) is -2.55. The first-order valence-corrected chi connectivity index (χ1v) is 15.1. The molecule has 0 bridgehead atoms. The maximum Gasteiger partial charge on any atom is 0.433 e. The lowest BCUT2D eigenvalue weighted by atomic mass is 9.99. The third-order valence-electron chi connectivity index (χ3n) is 7.51. The number of pyridine rings is 2. The number of rotatable bonds is 4. The molecule has 2 fully saturated rings. The van der Waals surface area contributed by atoms with Crippen LogP contribution in [0.25, 0.3) is 11.1 Å². The highest BCUT2D eigenvalue weighted by atomic mass is 19.4. The summed E-state index contributed by atoms with van der Waals surface area (Å²) in [5.74, 6) is 6.45. The number of anilines is 2. The number of aryl methyl sites for hydroxylation is 1. The van der Waals surface area contributed by atoms with Crippen molar-refractivity contribution < 1.29 is 32.2 Å². The molecule has 2 saturated heterocycles. The van der Waals surface area contributed by atoms with E-state index < -0.39 is 29.5 Å². The Morgan fingerprint density at radius 3 is 2.52 bits per heavy atom. The van der Waals surface area contributed by atoms with Crippen LogP contribution in [0.3, 0.4) is 0 Å². The van der Waals surface area contributed by atoms with Gasteiger partial charge >= 0.3 is 12.3 Å². The molecular weight excluding hydrogens is 599 g/mol. The average Bonchev–Trinajstić information content (AvgIpc) is 3.49. The number of nitrogens with zero attached hydrogens (tertiary/aromatic N) is 4. The molecule has 0 unspecified atom stereocenters. The van der Waals surface area contributed by atoms with E-state index in [1.54, 1.807) is 17.0 Å². The van der Waals surface area contributed by atoms with Gasteiger partial charge in [0.2, 0.25) is 0 Å². The highest BCUT2D eigenvalue weighted by molar-refractivity contribution is 6.04. The molecule has 0 radical (unpaired) electrons. The minimum absolute atomic E-state index is 0.159. The number of halogens is 3. The largest absolute Gasteiger partial charge is 0.444 e. The minimum Gasteiger partial charge on any atom is -0.444 e. The van der Waals surface area contributed by atoms with E-state index in [-0.39, 0.29) is 11.6 Å². The summed E-state index contributed by atoms with van der Waals surface area (Å²) in [5.41, 5.74) is 1.51. The van der Waals surface area contributed by atoms with E-state index in [0.717, 1.165) is 41.8 Å². The summed E-state index contributed by atoms with van der Waals surface area (Å²) < 4.78 is 50.6. The fraction of sp³-hybridized carbons (Fsp3) is 0.412. The fourth-order valence-corrected chi connectivity index (χ4v) is 5.24. The van der Waals surface area contributed by atoms with Gasteiger partial charge < -0.3 is 19.7 Å². The van der Waals surface area contributed by atoms with Crippen LogP contribution in [0.4, 0.5) is 29.5 Å². The topological polar surface area (TPSA) is 96.9 Å². The second-order valence-electron chi connectivity index (χ2n) is 12.2. The third kappa shape index (κ3) is 8.14. The van der Waals surface area contributed by atoms with Crippen molar-refractivity contribution in [1.29, 1.82) is 0 Å². The van der Waals surface area contributed by atoms with Crippen LogP contribution in [-0.2, 0) is 15.7 Å². The van der Waals surface area contributed by atoms with Crippen molar-refractivity contribution in [3.05, 3.63) is 71.2 Å². The van der Waals surface area contributed by atoms with Gasteiger partial charge in [-0.25, -0.2) is 9.78 Å². The van der Waals surface area contributed by atoms with Crippen LogP contribution in [0.2, 0.25) is 0 Å². The molecule has 5 rings (SSSR count). The maximum absolute atomic E-state index is 13.2. The molecule has 46 heavy (non-hydrogen) atoms. The lowest BCUT2D eigenvalue weighted by Gasteiger charge is -2.28. The number of hydrogen-bond donors (Lipinski definition) is 1. The van der Waals surface area contributed by atoms with E-state index in [2.05, 4.69) is 27.0 Å². The molecule has 2 aromatic heterocycles. The van der Waals surface area contributed by atoms with E-state index in [1.807, 2.05) is 45.9 Å². The van der Waals surface area contributed by atoms with Crippen LogP contribution in [0.1, 0.15) is 60.9 Å². The Bertz CT molecular complexity index is 1670. The summed E-state index contributed by atoms with van der Waals surface area (Å²) in [5, 5.41) is 2.71. The fourth-order valence-electron chi connectivity index (χ4n) is 5.24. The van der Waals surface area contributed by atoms with E-state index in [1.165, 1.54) is 6.07 Å². The molecule has 2 aliphatic rings. The van der Waals surface area contributed by atoms with Gasteiger partial charge in [0.25, 0.3) is 5.91 Å². The van der Waals surface area contributed by atoms with Gasteiger partial charge in [0.1, 0.15) is 22.8 Å². The van der Waals surface area contributed by atoms with Crippen molar-refractivity contribution in [3.8, 4) is 23.0 Å². The van der Waals surface area contributed by atoms with E-state index in [4.69, 9.17) is 14.5 Å². The first-order valence-electron chi connectivity index (χ1n) is 15.1. The Morgan fingerprint density at radius 2 is 1.80 bits per heavy atom. The molecular formula is C34H36F3N5O4. The number of aromatic nitrogens is 2. The number of carbonyl (C=O) groups is 2. The number of benzene rings is 1. The van der Waals surface area contributed by atoms with Gasteiger partial charge in [-0.2, -0.15) is 13.2 Å². The number of amides is 2. The van der Waals surface area contributed by atoms with Gasteiger partial charge in [0.05, 0.1) is 19.3 Å². The van der Waals surface area contributed by atoms with Gasteiger partial charge in [-0.15, -0.1) is 0 Å². The van der Waals surface area contributed by atoms with Crippen molar-refractivity contribution in [2.45, 2.75) is 58.4 Å².